The lowest BCUT2D eigenvalue weighted by atomic mass is 10.1. The lowest BCUT2D eigenvalue weighted by Gasteiger charge is -2.17. The van der Waals surface area contributed by atoms with Crippen LogP contribution in [0.15, 0.2) is 24.3 Å². The molecule has 0 fully saturated rings. The first kappa shape index (κ1) is 19.2. The summed E-state index contributed by atoms with van der Waals surface area (Å²) in [6.45, 7) is 4.18. The molecule has 128 valence electrons. The fourth-order valence-corrected chi connectivity index (χ4v) is 2.56. The molecule has 0 amide bonds. The number of hydrogen-bond donors (Lipinski definition) is 1. The van der Waals surface area contributed by atoms with Crippen molar-refractivity contribution in [1.29, 1.82) is 0 Å². The molecule has 4 nitrogen and oxygen atoms in total. The van der Waals surface area contributed by atoms with Crippen molar-refractivity contribution in [3.05, 3.63) is 35.4 Å². The molecule has 1 N–H and O–H groups in total. The molecule has 0 radical (unpaired) electrons. The second-order valence-electron chi connectivity index (χ2n) is 5.84. The van der Waals surface area contributed by atoms with Gasteiger partial charge in [-0.1, -0.05) is 58.1 Å². The number of carboxylic acid groups (broad SMARTS) is 1. The van der Waals surface area contributed by atoms with Gasteiger partial charge in [0.2, 0.25) is 0 Å². The summed E-state index contributed by atoms with van der Waals surface area (Å²) in [5.41, 5.74) is 0.119. The monoisotopic (exact) mass is 320 g/mol. The van der Waals surface area contributed by atoms with E-state index in [-0.39, 0.29) is 17.2 Å². The first-order valence-corrected chi connectivity index (χ1v) is 8.63. The van der Waals surface area contributed by atoms with Crippen LogP contribution < -0.4 is 0 Å². The molecule has 1 rings (SSSR count). The second-order valence-corrected chi connectivity index (χ2v) is 5.84. The maximum atomic E-state index is 12.2. The van der Waals surface area contributed by atoms with Gasteiger partial charge in [-0.25, -0.2) is 9.59 Å². The Bertz CT molecular complexity index is 496. The van der Waals surface area contributed by atoms with Gasteiger partial charge in [0.1, 0.15) is 6.10 Å². The summed E-state index contributed by atoms with van der Waals surface area (Å²) in [7, 11) is 0. The zero-order chi connectivity index (χ0) is 17.1. The van der Waals surface area contributed by atoms with Crippen LogP contribution in [0.2, 0.25) is 0 Å². The molecule has 0 aliphatic heterocycles. The molecule has 23 heavy (non-hydrogen) atoms. The third-order valence-electron chi connectivity index (χ3n) is 3.99. The number of rotatable bonds is 11. The van der Waals surface area contributed by atoms with Gasteiger partial charge in [0.15, 0.2) is 0 Å². The van der Waals surface area contributed by atoms with Gasteiger partial charge in [-0.05, 0) is 31.4 Å². The second kappa shape index (κ2) is 10.8. The maximum absolute atomic E-state index is 12.2. The highest BCUT2D eigenvalue weighted by Crippen LogP contribution is 2.16. The van der Waals surface area contributed by atoms with E-state index >= 15 is 0 Å². The van der Waals surface area contributed by atoms with Crippen LogP contribution in [0.4, 0.5) is 0 Å². The van der Waals surface area contributed by atoms with Gasteiger partial charge in [0, 0.05) is 0 Å². The SMILES string of the molecule is CCCCCCCCC(CC)OC(=O)c1ccccc1C(=O)O. The van der Waals surface area contributed by atoms with Crippen molar-refractivity contribution in [3.63, 3.8) is 0 Å². The van der Waals surface area contributed by atoms with Gasteiger partial charge in [0.25, 0.3) is 0 Å². The zero-order valence-electron chi connectivity index (χ0n) is 14.2. The van der Waals surface area contributed by atoms with E-state index in [1.807, 2.05) is 6.92 Å². The summed E-state index contributed by atoms with van der Waals surface area (Å²) in [5.74, 6) is -1.65. The van der Waals surface area contributed by atoms with Crippen molar-refractivity contribution in [1.82, 2.24) is 0 Å². The highest BCUT2D eigenvalue weighted by atomic mass is 16.5. The fraction of sp³-hybridized carbons (Fsp3) is 0.579. The number of benzene rings is 1. The Morgan fingerprint density at radius 2 is 1.61 bits per heavy atom. The normalized spacial score (nSPS) is 11.9. The van der Waals surface area contributed by atoms with Crippen LogP contribution in [0.25, 0.3) is 0 Å². The third kappa shape index (κ3) is 6.85. The number of ether oxygens (including phenoxy) is 1. The Balaban J connectivity index is 2.49. The van der Waals surface area contributed by atoms with Crippen LogP contribution in [0.5, 0.6) is 0 Å². The number of aromatic carboxylic acids is 1. The Labute approximate surface area is 138 Å². The van der Waals surface area contributed by atoms with Crippen LogP contribution in [-0.2, 0) is 4.74 Å². The molecule has 0 aliphatic rings. The first-order chi connectivity index (χ1) is 11.1. The molecule has 1 aromatic rings. The van der Waals surface area contributed by atoms with Crippen molar-refractivity contribution < 1.29 is 19.4 Å². The molecule has 0 saturated heterocycles. The van der Waals surface area contributed by atoms with Crippen molar-refractivity contribution in [2.24, 2.45) is 0 Å². The number of esters is 1. The molecular weight excluding hydrogens is 292 g/mol. The molecule has 1 aromatic carbocycles. The molecule has 0 aromatic heterocycles. The third-order valence-corrected chi connectivity index (χ3v) is 3.99. The van der Waals surface area contributed by atoms with Crippen LogP contribution in [0.1, 0.15) is 85.9 Å². The van der Waals surface area contributed by atoms with Crippen LogP contribution in [0, 0.1) is 0 Å². The summed E-state index contributed by atoms with van der Waals surface area (Å²) in [6.07, 6.45) is 8.63. The largest absolute Gasteiger partial charge is 0.478 e. The highest BCUT2D eigenvalue weighted by molar-refractivity contribution is 6.02. The van der Waals surface area contributed by atoms with Crippen molar-refractivity contribution in [2.45, 2.75) is 71.3 Å². The smallest absolute Gasteiger partial charge is 0.339 e. The molecule has 1 atom stereocenters. The first-order valence-electron chi connectivity index (χ1n) is 8.63. The quantitative estimate of drug-likeness (QED) is 0.456. The van der Waals surface area contributed by atoms with Gasteiger partial charge in [0.05, 0.1) is 11.1 Å². The summed E-state index contributed by atoms with van der Waals surface area (Å²) in [5, 5.41) is 9.14. The van der Waals surface area contributed by atoms with E-state index in [0.717, 1.165) is 25.7 Å². The van der Waals surface area contributed by atoms with Gasteiger partial charge in [-0.3, -0.25) is 0 Å². The van der Waals surface area contributed by atoms with E-state index in [4.69, 9.17) is 9.84 Å². The molecule has 4 heteroatoms. The number of unbranched alkanes of at least 4 members (excludes halogenated alkanes) is 5. The molecule has 0 bridgehead atoms. The van der Waals surface area contributed by atoms with Crippen molar-refractivity contribution in [2.75, 3.05) is 0 Å². The summed E-state index contributed by atoms with van der Waals surface area (Å²) >= 11 is 0. The zero-order valence-corrected chi connectivity index (χ0v) is 14.2. The van der Waals surface area contributed by atoms with Crippen molar-refractivity contribution in [3.8, 4) is 0 Å². The minimum atomic E-state index is -1.11. The van der Waals surface area contributed by atoms with E-state index in [9.17, 15) is 9.59 Å². The van der Waals surface area contributed by atoms with E-state index in [1.165, 1.54) is 37.8 Å². The Morgan fingerprint density at radius 1 is 1.00 bits per heavy atom. The van der Waals surface area contributed by atoms with E-state index in [2.05, 4.69) is 6.92 Å². The highest BCUT2D eigenvalue weighted by Gasteiger charge is 2.20. The van der Waals surface area contributed by atoms with Crippen molar-refractivity contribution >= 4 is 11.9 Å². The predicted octanol–water partition coefficient (Wildman–Crippen LogP) is 5.07. The van der Waals surface area contributed by atoms with Crippen LogP contribution in [-0.4, -0.2) is 23.1 Å². The Kier molecular flexibility index (Phi) is 9.03. The van der Waals surface area contributed by atoms with Gasteiger partial charge in [-0.2, -0.15) is 0 Å². The van der Waals surface area contributed by atoms with E-state index in [0.29, 0.717) is 0 Å². The summed E-state index contributed by atoms with van der Waals surface area (Å²) < 4.78 is 5.50. The number of carbonyl (C=O) groups excluding carboxylic acids is 1. The van der Waals surface area contributed by atoms with Crippen LogP contribution >= 0.6 is 0 Å². The lowest BCUT2D eigenvalue weighted by molar-refractivity contribution is 0.0262. The molecular formula is C19H28O4. The molecule has 0 spiro atoms. The Morgan fingerprint density at radius 3 is 2.22 bits per heavy atom. The van der Waals surface area contributed by atoms with Gasteiger partial charge >= 0.3 is 11.9 Å². The molecule has 0 heterocycles. The van der Waals surface area contributed by atoms with Crippen LogP contribution in [0.3, 0.4) is 0 Å². The van der Waals surface area contributed by atoms with Gasteiger partial charge < -0.3 is 9.84 Å². The minimum Gasteiger partial charge on any atom is -0.478 e. The minimum absolute atomic E-state index is 0.00748. The standard InChI is InChI=1S/C19H28O4/c1-3-5-6-7-8-9-12-15(4-2)23-19(22)17-14-11-10-13-16(17)18(20)21/h10-11,13-15H,3-9,12H2,1-2H3,(H,20,21). The molecule has 0 saturated carbocycles. The van der Waals surface area contributed by atoms with E-state index < -0.39 is 11.9 Å². The Hall–Kier alpha value is -1.84. The number of hydrogen-bond acceptors (Lipinski definition) is 3. The lowest BCUT2D eigenvalue weighted by Crippen LogP contribution is -2.19. The predicted molar refractivity (Wildman–Crippen MR) is 90.9 cm³/mol. The number of carbonyl (C=O) groups is 2. The maximum Gasteiger partial charge on any atom is 0.339 e. The molecule has 1 unspecified atom stereocenters. The average Bonchev–Trinajstić information content (AvgIpc) is 2.56. The van der Waals surface area contributed by atoms with E-state index in [1.54, 1.807) is 12.1 Å². The van der Waals surface area contributed by atoms with Gasteiger partial charge in [-0.15, -0.1) is 0 Å². The topological polar surface area (TPSA) is 63.6 Å². The number of carboxylic acids is 1. The molecule has 0 aliphatic carbocycles. The summed E-state index contributed by atoms with van der Waals surface area (Å²) in [4.78, 5) is 23.4. The average molecular weight is 320 g/mol. The summed E-state index contributed by atoms with van der Waals surface area (Å²) in [6, 6.07) is 6.18. The fourth-order valence-electron chi connectivity index (χ4n) is 2.56.